The Hall–Kier alpha value is -1.59. The van der Waals surface area contributed by atoms with Crippen LogP contribution < -0.4 is 5.32 Å². The highest BCUT2D eigenvalue weighted by Gasteiger charge is 2.23. The van der Waals surface area contributed by atoms with E-state index in [0.717, 1.165) is 31.7 Å². The molecule has 2 N–H and O–H groups in total. The van der Waals surface area contributed by atoms with E-state index in [1.165, 1.54) is 5.56 Å². The number of benzene rings is 2. The minimum Gasteiger partial charge on any atom is -0.478 e. The van der Waals surface area contributed by atoms with Gasteiger partial charge in [0.1, 0.15) is 0 Å². The summed E-state index contributed by atoms with van der Waals surface area (Å²) in [5.74, 6) is -0.884. The van der Waals surface area contributed by atoms with Gasteiger partial charge < -0.3 is 10.4 Å². The molecule has 3 rings (SSSR count). The molecule has 1 aliphatic rings. The summed E-state index contributed by atoms with van der Waals surface area (Å²) in [6.07, 6.45) is 0. The van der Waals surface area contributed by atoms with E-state index < -0.39 is 5.97 Å². The van der Waals surface area contributed by atoms with Gasteiger partial charge in [0.15, 0.2) is 0 Å². The Morgan fingerprint density at radius 3 is 2.00 bits per heavy atom. The second kappa shape index (κ2) is 9.64. The predicted molar refractivity (Wildman–Crippen MR) is 101 cm³/mol. The van der Waals surface area contributed by atoms with Crippen molar-refractivity contribution in [2.75, 3.05) is 26.2 Å². The third kappa shape index (κ3) is 4.71. The van der Waals surface area contributed by atoms with Crippen LogP contribution in [0.3, 0.4) is 0 Å². The molecule has 2 aromatic rings. The zero-order valence-electron chi connectivity index (χ0n) is 13.2. The van der Waals surface area contributed by atoms with E-state index in [2.05, 4.69) is 34.5 Å². The van der Waals surface area contributed by atoms with Gasteiger partial charge in [0.05, 0.1) is 11.6 Å². The average molecular weight is 369 g/mol. The molecule has 130 valence electrons. The molecule has 1 unspecified atom stereocenters. The molecule has 0 bridgehead atoms. The number of nitrogens with one attached hydrogen (secondary N) is 1. The second-order valence-electron chi connectivity index (χ2n) is 5.53. The summed E-state index contributed by atoms with van der Waals surface area (Å²) < 4.78 is 0. The van der Waals surface area contributed by atoms with E-state index >= 15 is 0 Å². The first kappa shape index (κ1) is 20.5. The molecule has 0 amide bonds. The topological polar surface area (TPSA) is 52.6 Å². The van der Waals surface area contributed by atoms with Crippen molar-refractivity contribution in [3.8, 4) is 0 Å². The Balaban J connectivity index is 0.00000144. The first-order valence-corrected chi connectivity index (χ1v) is 7.58. The van der Waals surface area contributed by atoms with Gasteiger partial charge in [-0.05, 0) is 23.3 Å². The van der Waals surface area contributed by atoms with E-state index in [4.69, 9.17) is 5.11 Å². The van der Waals surface area contributed by atoms with Crippen LogP contribution in [-0.2, 0) is 0 Å². The van der Waals surface area contributed by atoms with Crippen LogP contribution >= 0.6 is 24.8 Å². The van der Waals surface area contributed by atoms with Crippen molar-refractivity contribution in [3.05, 3.63) is 71.3 Å². The summed E-state index contributed by atoms with van der Waals surface area (Å²) in [6.45, 7) is 3.94. The summed E-state index contributed by atoms with van der Waals surface area (Å²) in [5.41, 5.74) is 2.71. The highest BCUT2D eigenvalue weighted by molar-refractivity contribution is 5.87. The lowest BCUT2D eigenvalue weighted by Gasteiger charge is -2.35. The van der Waals surface area contributed by atoms with Crippen LogP contribution in [0.2, 0.25) is 0 Å². The van der Waals surface area contributed by atoms with Gasteiger partial charge in [-0.3, -0.25) is 4.90 Å². The molecule has 4 nitrogen and oxygen atoms in total. The predicted octanol–water partition coefficient (Wildman–Crippen LogP) is 3.22. The van der Waals surface area contributed by atoms with Crippen LogP contribution in [0.15, 0.2) is 54.6 Å². The number of hydrogen-bond acceptors (Lipinski definition) is 3. The van der Waals surface area contributed by atoms with Crippen molar-refractivity contribution in [2.45, 2.75) is 6.04 Å². The lowest BCUT2D eigenvalue weighted by Crippen LogP contribution is -2.45. The summed E-state index contributed by atoms with van der Waals surface area (Å²) in [7, 11) is 0. The van der Waals surface area contributed by atoms with Crippen molar-refractivity contribution in [1.82, 2.24) is 10.2 Å². The minimum absolute atomic E-state index is 0. The van der Waals surface area contributed by atoms with Crippen molar-refractivity contribution >= 4 is 30.8 Å². The van der Waals surface area contributed by atoms with Gasteiger partial charge in [0.2, 0.25) is 0 Å². The Labute approximate surface area is 154 Å². The Kier molecular flexibility index (Phi) is 8.22. The molecule has 0 aliphatic carbocycles. The second-order valence-corrected chi connectivity index (χ2v) is 5.53. The molecule has 1 saturated heterocycles. The number of nitrogens with zero attached hydrogens (tertiary/aromatic N) is 1. The van der Waals surface area contributed by atoms with E-state index in [9.17, 15) is 4.79 Å². The third-order valence-corrected chi connectivity index (χ3v) is 4.11. The fourth-order valence-corrected chi connectivity index (χ4v) is 3.00. The number of carbonyl (C=O) groups is 1. The van der Waals surface area contributed by atoms with Gasteiger partial charge in [0, 0.05) is 26.2 Å². The number of hydrogen-bond donors (Lipinski definition) is 2. The average Bonchev–Trinajstić information content (AvgIpc) is 2.57. The lowest BCUT2D eigenvalue weighted by molar-refractivity contribution is 0.0697. The minimum atomic E-state index is -0.884. The van der Waals surface area contributed by atoms with E-state index in [-0.39, 0.29) is 30.9 Å². The van der Waals surface area contributed by atoms with E-state index in [0.29, 0.717) is 5.56 Å². The maximum Gasteiger partial charge on any atom is 0.335 e. The number of piperazine rings is 1. The highest BCUT2D eigenvalue weighted by Crippen LogP contribution is 2.29. The molecular weight excluding hydrogens is 347 g/mol. The molecular formula is C18H22Cl2N2O2. The SMILES string of the molecule is Cl.Cl.O=C(O)c1ccc(C(c2ccccc2)N2CCNCC2)cc1. The normalized spacial score (nSPS) is 15.7. The van der Waals surface area contributed by atoms with Crippen molar-refractivity contribution in [3.63, 3.8) is 0 Å². The molecule has 1 aliphatic heterocycles. The Morgan fingerprint density at radius 2 is 1.46 bits per heavy atom. The van der Waals surface area contributed by atoms with Crippen LogP contribution in [0.4, 0.5) is 0 Å². The molecule has 0 saturated carbocycles. The smallest absolute Gasteiger partial charge is 0.335 e. The lowest BCUT2D eigenvalue weighted by atomic mass is 9.95. The summed E-state index contributed by atoms with van der Waals surface area (Å²) >= 11 is 0. The number of aromatic carboxylic acids is 1. The first-order valence-electron chi connectivity index (χ1n) is 7.58. The Bertz CT molecular complexity index is 629. The van der Waals surface area contributed by atoms with Crippen LogP contribution in [0.25, 0.3) is 0 Å². The number of carboxylic acids is 1. The van der Waals surface area contributed by atoms with Gasteiger partial charge in [0.25, 0.3) is 0 Å². The number of halogens is 2. The van der Waals surface area contributed by atoms with Gasteiger partial charge in [-0.25, -0.2) is 4.79 Å². The summed E-state index contributed by atoms with van der Waals surface area (Å²) in [5, 5.41) is 12.4. The van der Waals surface area contributed by atoms with Crippen LogP contribution in [0, 0.1) is 0 Å². The van der Waals surface area contributed by atoms with Crippen molar-refractivity contribution in [2.24, 2.45) is 0 Å². The molecule has 0 aromatic heterocycles. The first-order chi connectivity index (χ1) is 10.8. The maximum absolute atomic E-state index is 11.0. The van der Waals surface area contributed by atoms with Gasteiger partial charge in [-0.2, -0.15) is 0 Å². The fraction of sp³-hybridized carbons (Fsp3) is 0.278. The fourth-order valence-electron chi connectivity index (χ4n) is 3.00. The highest BCUT2D eigenvalue weighted by atomic mass is 35.5. The monoisotopic (exact) mass is 368 g/mol. The zero-order chi connectivity index (χ0) is 15.4. The molecule has 2 aromatic carbocycles. The third-order valence-electron chi connectivity index (χ3n) is 4.11. The molecule has 0 radical (unpaired) electrons. The van der Waals surface area contributed by atoms with Crippen LogP contribution in [0.1, 0.15) is 27.5 Å². The summed E-state index contributed by atoms with van der Waals surface area (Å²) in [4.78, 5) is 13.5. The molecule has 24 heavy (non-hydrogen) atoms. The molecule has 0 spiro atoms. The maximum atomic E-state index is 11.0. The van der Waals surface area contributed by atoms with Crippen molar-refractivity contribution < 1.29 is 9.90 Å². The molecule has 1 atom stereocenters. The van der Waals surface area contributed by atoms with E-state index in [1.807, 2.05) is 18.2 Å². The van der Waals surface area contributed by atoms with Gasteiger partial charge in [-0.15, -0.1) is 24.8 Å². The standard InChI is InChI=1S/C18H20N2O2.2ClH/c21-18(22)16-8-6-15(7-9-16)17(14-4-2-1-3-5-14)20-12-10-19-11-13-20;;/h1-9,17,19H,10-13H2,(H,21,22);2*1H. The number of rotatable bonds is 4. The Morgan fingerprint density at radius 1 is 0.917 bits per heavy atom. The molecule has 6 heteroatoms. The van der Waals surface area contributed by atoms with Crippen LogP contribution in [-0.4, -0.2) is 42.2 Å². The zero-order valence-corrected chi connectivity index (χ0v) is 14.9. The quantitative estimate of drug-likeness (QED) is 0.869. The van der Waals surface area contributed by atoms with E-state index in [1.54, 1.807) is 12.1 Å². The molecule has 1 heterocycles. The van der Waals surface area contributed by atoms with Crippen LogP contribution in [0.5, 0.6) is 0 Å². The number of carboxylic acid groups (broad SMARTS) is 1. The van der Waals surface area contributed by atoms with Gasteiger partial charge in [-0.1, -0.05) is 42.5 Å². The van der Waals surface area contributed by atoms with Gasteiger partial charge >= 0.3 is 5.97 Å². The summed E-state index contributed by atoms with van der Waals surface area (Å²) in [6, 6.07) is 17.8. The van der Waals surface area contributed by atoms with Crippen molar-refractivity contribution in [1.29, 1.82) is 0 Å². The largest absolute Gasteiger partial charge is 0.478 e. The molecule has 1 fully saturated rings.